The van der Waals surface area contributed by atoms with Crippen LogP contribution in [0.4, 0.5) is 17.1 Å². The van der Waals surface area contributed by atoms with Gasteiger partial charge in [0.15, 0.2) is 0 Å². The number of nitro groups is 2. The number of fused-ring (bicyclic) bond motifs is 1. The predicted molar refractivity (Wildman–Crippen MR) is 121 cm³/mol. The summed E-state index contributed by atoms with van der Waals surface area (Å²) in [5.74, 6) is 0. The van der Waals surface area contributed by atoms with Crippen LogP contribution in [0.5, 0.6) is 0 Å². The lowest BCUT2D eigenvalue weighted by Gasteiger charge is -1.97. The van der Waals surface area contributed by atoms with E-state index < -0.39 is 9.85 Å². The van der Waals surface area contributed by atoms with E-state index in [1.165, 1.54) is 41.7 Å². The molecule has 0 radical (unpaired) electrons. The molecule has 152 valence electrons. The minimum atomic E-state index is -0.496. The van der Waals surface area contributed by atoms with E-state index in [2.05, 4.69) is 17.6 Å². The first kappa shape index (κ1) is 21.5. The quantitative estimate of drug-likeness (QED) is 0.167. The first-order valence-electron chi connectivity index (χ1n) is 8.29. The second-order valence-corrected chi connectivity index (χ2v) is 7.83. The maximum atomic E-state index is 10.7. The molecule has 0 spiro atoms. The number of anilines is 1. The highest BCUT2D eigenvalue weighted by molar-refractivity contribution is 7.80. The molecular weight excluding hydrogens is 448 g/mol. The Balaban J connectivity index is 0.000000199. The fraction of sp³-hybridized carbons (Fsp3) is 0. The van der Waals surface area contributed by atoms with Crippen LogP contribution in [-0.2, 0) is 0 Å². The van der Waals surface area contributed by atoms with E-state index in [0.717, 1.165) is 15.3 Å². The number of nitro benzene ring substituents is 2. The van der Waals surface area contributed by atoms with Crippen molar-refractivity contribution in [3.63, 3.8) is 0 Å². The SMILES string of the molecule is Nc1cc([N+](=O)[O-])ccc1S.O=[N+]([O-])c1ccc2sc(-c3ccccc3Cl)nc2c1. The third kappa shape index (κ3) is 4.85. The smallest absolute Gasteiger partial charge is 0.271 e. The molecule has 1 heterocycles. The molecule has 0 atom stereocenters. The third-order valence-electron chi connectivity index (χ3n) is 3.91. The lowest BCUT2D eigenvalue weighted by molar-refractivity contribution is -0.385. The second kappa shape index (κ2) is 9.08. The molecule has 4 rings (SSSR count). The van der Waals surface area contributed by atoms with Crippen LogP contribution >= 0.6 is 35.6 Å². The number of thiazole rings is 1. The van der Waals surface area contributed by atoms with Crippen LogP contribution in [0, 0.1) is 20.2 Å². The van der Waals surface area contributed by atoms with Crippen LogP contribution in [0.1, 0.15) is 0 Å². The van der Waals surface area contributed by atoms with Crippen molar-refractivity contribution in [3.05, 3.63) is 85.9 Å². The van der Waals surface area contributed by atoms with Gasteiger partial charge in [0.05, 0.1) is 30.8 Å². The van der Waals surface area contributed by atoms with Gasteiger partial charge < -0.3 is 5.73 Å². The Morgan fingerprint density at radius 3 is 2.23 bits per heavy atom. The Labute approximate surface area is 184 Å². The molecule has 2 N–H and O–H groups in total. The van der Waals surface area contributed by atoms with Crippen LogP contribution < -0.4 is 5.73 Å². The molecule has 11 heteroatoms. The number of nitrogen functional groups attached to an aromatic ring is 1. The van der Waals surface area contributed by atoms with Gasteiger partial charge in [0.2, 0.25) is 0 Å². The maximum Gasteiger partial charge on any atom is 0.271 e. The lowest BCUT2D eigenvalue weighted by atomic mass is 10.2. The maximum absolute atomic E-state index is 10.7. The summed E-state index contributed by atoms with van der Waals surface area (Å²) in [4.78, 5) is 25.0. The molecule has 0 bridgehead atoms. The molecule has 4 aromatic rings. The average molecular weight is 461 g/mol. The average Bonchev–Trinajstić information content (AvgIpc) is 3.13. The summed E-state index contributed by atoms with van der Waals surface area (Å²) in [5.41, 5.74) is 7.19. The van der Waals surface area contributed by atoms with E-state index >= 15 is 0 Å². The first-order chi connectivity index (χ1) is 14.3. The van der Waals surface area contributed by atoms with Gasteiger partial charge in [-0.15, -0.1) is 24.0 Å². The zero-order valence-electron chi connectivity index (χ0n) is 15.1. The van der Waals surface area contributed by atoms with Crippen LogP contribution in [0.25, 0.3) is 20.8 Å². The molecule has 0 aliphatic heterocycles. The zero-order chi connectivity index (χ0) is 21.8. The number of hydrogen-bond acceptors (Lipinski definition) is 8. The van der Waals surface area contributed by atoms with E-state index in [-0.39, 0.29) is 11.4 Å². The van der Waals surface area contributed by atoms with Crippen molar-refractivity contribution in [2.24, 2.45) is 0 Å². The van der Waals surface area contributed by atoms with Crippen molar-refractivity contribution in [1.29, 1.82) is 0 Å². The van der Waals surface area contributed by atoms with Gasteiger partial charge in [0.25, 0.3) is 11.4 Å². The standard InChI is InChI=1S/C13H7ClN2O2S.C6H6N2O2S/c14-10-4-2-1-3-9(10)13-15-11-7-8(16(17)18)5-6-12(11)19-13;7-5-3-4(8(9)10)1-2-6(5)11/h1-7H;1-3,11H,7H2. The van der Waals surface area contributed by atoms with Gasteiger partial charge in [-0.05, 0) is 18.2 Å². The third-order valence-corrected chi connectivity index (χ3v) is 5.71. The Bertz CT molecular complexity index is 1260. The molecule has 30 heavy (non-hydrogen) atoms. The number of nitrogens with zero attached hydrogens (tertiary/aromatic N) is 3. The van der Waals surface area contributed by atoms with Gasteiger partial charge >= 0.3 is 0 Å². The van der Waals surface area contributed by atoms with E-state index in [9.17, 15) is 20.2 Å². The highest BCUT2D eigenvalue weighted by atomic mass is 35.5. The molecule has 1 aromatic heterocycles. The van der Waals surface area contributed by atoms with Gasteiger partial charge in [-0.1, -0.05) is 29.8 Å². The van der Waals surface area contributed by atoms with Crippen LogP contribution in [0.2, 0.25) is 5.02 Å². The van der Waals surface area contributed by atoms with Crippen molar-refractivity contribution >= 4 is 62.8 Å². The molecule has 0 unspecified atom stereocenters. The minimum Gasteiger partial charge on any atom is -0.398 e. The fourth-order valence-electron chi connectivity index (χ4n) is 2.43. The van der Waals surface area contributed by atoms with Gasteiger partial charge in [0.1, 0.15) is 5.01 Å². The number of aromatic nitrogens is 1. The topological polar surface area (TPSA) is 125 Å². The number of benzene rings is 3. The number of hydrogen-bond donors (Lipinski definition) is 2. The van der Waals surface area contributed by atoms with Crippen LogP contribution in [-0.4, -0.2) is 14.8 Å². The Kier molecular flexibility index (Phi) is 6.50. The highest BCUT2D eigenvalue weighted by Gasteiger charge is 2.12. The van der Waals surface area contributed by atoms with Gasteiger partial charge in [-0.25, -0.2) is 4.98 Å². The number of rotatable bonds is 3. The van der Waals surface area contributed by atoms with Crippen LogP contribution in [0.3, 0.4) is 0 Å². The van der Waals surface area contributed by atoms with E-state index in [4.69, 9.17) is 17.3 Å². The number of non-ortho nitro benzene ring substituents is 2. The van der Waals surface area contributed by atoms with Gasteiger partial charge in [-0.2, -0.15) is 0 Å². The number of nitrogens with two attached hydrogens (primary N) is 1. The second-order valence-electron chi connectivity index (χ2n) is 5.91. The molecule has 0 saturated carbocycles. The highest BCUT2D eigenvalue weighted by Crippen LogP contribution is 2.35. The number of thiol groups is 1. The molecular formula is C19H13ClN4O4S2. The minimum absolute atomic E-state index is 0.0136. The summed E-state index contributed by atoms with van der Waals surface area (Å²) in [6.07, 6.45) is 0. The summed E-state index contributed by atoms with van der Waals surface area (Å²) in [5, 5.41) is 22.3. The molecule has 0 amide bonds. The summed E-state index contributed by atoms with van der Waals surface area (Å²) < 4.78 is 0.903. The Hall–Kier alpha value is -3.21. The fourth-order valence-corrected chi connectivity index (χ4v) is 3.84. The summed E-state index contributed by atoms with van der Waals surface area (Å²) >= 11 is 11.6. The van der Waals surface area contributed by atoms with E-state index in [0.29, 0.717) is 21.1 Å². The summed E-state index contributed by atoms with van der Waals surface area (Å²) in [6, 6.07) is 16.2. The molecule has 0 fully saturated rings. The van der Waals surface area contributed by atoms with E-state index in [1.54, 1.807) is 12.1 Å². The lowest BCUT2D eigenvalue weighted by Crippen LogP contribution is -1.91. The van der Waals surface area contributed by atoms with Gasteiger partial charge in [0, 0.05) is 34.7 Å². The van der Waals surface area contributed by atoms with Crippen molar-refractivity contribution in [2.45, 2.75) is 4.90 Å². The van der Waals surface area contributed by atoms with E-state index in [1.807, 2.05) is 18.2 Å². The molecule has 0 aliphatic rings. The molecule has 0 aliphatic carbocycles. The Morgan fingerprint density at radius 1 is 0.967 bits per heavy atom. The molecule has 3 aromatic carbocycles. The number of halogens is 1. The molecule has 0 saturated heterocycles. The van der Waals surface area contributed by atoms with Crippen molar-refractivity contribution in [1.82, 2.24) is 4.98 Å². The largest absolute Gasteiger partial charge is 0.398 e. The van der Waals surface area contributed by atoms with Crippen molar-refractivity contribution in [3.8, 4) is 10.6 Å². The van der Waals surface area contributed by atoms with Gasteiger partial charge in [-0.3, -0.25) is 20.2 Å². The molecule has 8 nitrogen and oxygen atoms in total. The zero-order valence-corrected chi connectivity index (χ0v) is 17.5. The van der Waals surface area contributed by atoms with Crippen molar-refractivity contribution in [2.75, 3.05) is 5.73 Å². The normalized spacial score (nSPS) is 10.3. The van der Waals surface area contributed by atoms with Crippen LogP contribution in [0.15, 0.2) is 65.6 Å². The Morgan fingerprint density at radius 2 is 1.60 bits per heavy atom. The van der Waals surface area contributed by atoms with Crippen molar-refractivity contribution < 1.29 is 9.85 Å². The monoisotopic (exact) mass is 460 g/mol. The first-order valence-corrected chi connectivity index (χ1v) is 9.93. The predicted octanol–water partition coefficient (Wildman–Crippen LogP) is 5.99. The summed E-state index contributed by atoms with van der Waals surface area (Å²) in [6.45, 7) is 0. The summed E-state index contributed by atoms with van der Waals surface area (Å²) in [7, 11) is 0.